The van der Waals surface area contributed by atoms with E-state index >= 15 is 0 Å². The highest BCUT2D eigenvalue weighted by Gasteiger charge is 2.34. The van der Waals surface area contributed by atoms with Crippen LogP contribution in [0.5, 0.6) is 0 Å². The second kappa shape index (κ2) is 4.35. The molecule has 0 aliphatic heterocycles. The molecule has 1 heterocycles. The first kappa shape index (κ1) is 11.6. The van der Waals surface area contributed by atoms with Crippen molar-refractivity contribution in [3.05, 3.63) is 17.0 Å². The number of thioether (sulfide) groups is 1. The fourth-order valence-corrected chi connectivity index (χ4v) is 1.72. The maximum Gasteiger partial charge on any atom is 0.420 e. The van der Waals surface area contributed by atoms with Crippen LogP contribution in [0.25, 0.3) is 0 Å². The quantitative estimate of drug-likeness (QED) is 0.452. The molecule has 0 bridgehead atoms. The molecule has 1 rings (SSSR count). The van der Waals surface area contributed by atoms with E-state index in [4.69, 9.17) is 11.6 Å². The van der Waals surface area contributed by atoms with E-state index in [1.165, 1.54) is 0 Å². The van der Waals surface area contributed by atoms with Crippen molar-refractivity contribution < 1.29 is 13.2 Å². The van der Waals surface area contributed by atoms with Crippen molar-refractivity contribution in [3.63, 3.8) is 0 Å². The van der Waals surface area contributed by atoms with Crippen LogP contribution in [0.1, 0.15) is 12.5 Å². The molecule has 0 spiro atoms. The molecule has 0 saturated carbocycles. The number of hydrogen-bond acceptors (Lipinski definition) is 3. The third-order valence-electron chi connectivity index (χ3n) is 1.31. The zero-order chi connectivity index (χ0) is 10.8. The molecule has 0 unspecified atom stereocenters. The van der Waals surface area contributed by atoms with E-state index in [9.17, 15) is 13.2 Å². The summed E-state index contributed by atoms with van der Waals surface area (Å²) in [6, 6.07) is 0. The van der Waals surface area contributed by atoms with Crippen molar-refractivity contribution in [2.75, 3.05) is 5.75 Å². The molecule has 14 heavy (non-hydrogen) atoms. The predicted molar refractivity (Wildman–Crippen MR) is 48.4 cm³/mol. The summed E-state index contributed by atoms with van der Waals surface area (Å²) in [5.41, 5.74) is -0.839. The first-order valence-corrected chi connectivity index (χ1v) is 5.04. The second-order valence-electron chi connectivity index (χ2n) is 2.29. The topological polar surface area (TPSA) is 25.8 Å². The van der Waals surface area contributed by atoms with Gasteiger partial charge in [-0.15, -0.1) is 11.8 Å². The average molecular weight is 243 g/mol. The molecule has 2 nitrogen and oxygen atoms in total. The molecule has 1 aromatic heterocycles. The molecule has 0 aliphatic rings. The van der Waals surface area contributed by atoms with E-state index in [1.807, 2.05) is 0 Å². The van der Waals surface area contributed by atoms with Crippen LogP contribution in [0.3, 0.4) is 0 Å². The summed E-state index contributed by atoms with van der Waals surface area (Å²) in [5, 5.41) is -0.297. The van der Waals surface area contributed by atoms with Crippen LogP contribution in [-0.4, -0.2) is 15.7 Å². The Morgan fingerprint density at radius 1 is 1.50 bits per heavy atom. The summed E-state index contributed by atoms with van der Waals surface area (Å²) in [6.07, 6.45) is -3.73. The van der Waals surface area contributed by atoms with Crippen LogP contribution in [0.15, 0.2) is 11.2 Å². The lowest BCUT2D eigenvalue weighted by molar-refractivity contribution is -0.140. The summed E-state index contributed by atoms with van der Waals surface area (Å²) in [4.78, 5) is 6.84. The first-order chi connectivity index (χ1) is 6.45. The van der Waals surface area contributed by atoms with Gasteiger partial charge in [0.1, 0.15) is 10.6 Å². The van der Waals surface area contributed by atoms with Crippen molar-refractivity contribution in [1.29, 1.82) is 0 Å². The Hall–Kier alpha value is -0.490. The molecular formula is C7H6ClF3N2S. The van der Waals surface area contributed by atoms with E-state index in [1.54, 1.807) is 6.92 Å². The second-order valence-corrected chi connectivity index (χ2v) is 3.88. The molecule has 0 fully saturated rings. The Morgan fingerprint density at radius 2 is 2.14 bits per heavy atom. The molecule has 0 atom stereocenters. The van der Waals surface area contributed by atoms with Crippen LogP contribution in [0.4, 0.5) is 13.2 Å². The van der Waals surface area contributed by atoms with Gasteiger partial charge in [-0.05, 0) is 17.4 Å². The van der Waals surface area contributed by atoms with E-state index in [0.717, 1.165) is 11.8 Å². The highest BCUT2D eigenvalue weighted by atomic mass is 35.5. The maximum absolute atomic E-state index is 12.4. The summed E-state index contributed by atoms with van der Waals surface area (Å²) >= 11 is 6.39. The van der Waals surface area contributed by atoms with Gasteiger partial charge in [-0.3, -0.25) is 0 Å². The fourth-order valence-electron chi connectivity index (χ4n) is 0.787. The molecule has 0 aliphatic carbocycles. The zero-order valence-corrected chi connectivity index (χ0v) is 8.67. The number of aromatic nitrogens is 2. The van der Waals surface area contributed by atoms with Gasteiger partial charge in [0, 0.05) is 6.20 Å². The molecule has 0 amide bonds. The zero-order valence-electron chi connectivity index (χ0n) is 7.10. The number of nitrogens with zero attached hydrogens (tertiary/aromatic N) is 2. The maximum atomic E-state index is 12.4. The van der Waals surface area contributed by atoms with Crippen LogP contribution in [-0.2, 0) is 6.18 Å². The summed E-state index contributed by atoms with van der Waals surface area (Å²) in [7, 11) is 0. The lowest BCUT2D eigenvalue weighted by atomic mass is 10.3. The molecule has 7 heteroatoms. The van der Waals surface area contributed by atoms with Gasteiger partial charge in [-0.25, -0.2) is 9.97 Å². The monoisotopic (exact) mass is 242 g/mol. The molecule has 0 aromatic carbocycles. The Kier molecular flexibility index (Phi) is 3.60. The van der Waals surface area contributed by atoms with Crippen molar-refractivity contribution in [3.8, 4) is 0 Å². The Morgan fingerprint density at radius 3 is 2.64 bits per heavy atom. The number of alkyl halides is 3. The molecule has 0 saturated heterocycles. The standard InChI is InChI=1S/C7H6ClF3N2S/c1-2-14-5-4(7(9,10)11)3-12-6(8)13-5/h3H,2H2,1H3. The predicted octanol–water partition coefficient (Wildman–Crippen LogP) is 3.26. The van der Waals surface area contributed by atoms with Crippen LogP contribution >= 0.6 is 23.4 Å². The Bertz CT molecular complexity index is 329. The van der Waals surface area contributed by atoms with Crippen LogP contribution in [0, 0.1) is 0 Å². The highest BCUT2D eigenvalue weighted by molar-refractivity contribution is 7.99. The molecular weight excluding hydrogens is 237 g/mol. The van der Waals surface area contributed by atoms with Gasteiger partial charge in [0.15, 0.2) is 0 Å². The lowest BCUT2D eigenvalue weighted by Crippen LogP contribution is -2.09. The van der Waals surface area contributed by atoms with Crippen molar-refractivity contribution in [2.45, 2.75) is 18.1 Å². The summed E-state index contributed by atoms with van der Waals surface area (Å²) in [5.74, 6) is 0.496. The third kappa shape index (κ3) is 2.75. The largest absolute Gasteiger partial charge is 0.420 e. The van der Waals surface area contributed by atoms with Crippen molar-refractivity contribution in [2.24, 2.45) is 0 Å². The van der Waals surface area contributed by atoms with Gasteiger partial charge in [-0.2, -0.15) is 13.2 Å². The van der Waals surface area contributed by atoms with Gasteiger partial charge >= 0.3 is 6.18 Å². The highest BCUT2D eigenvalue weighted by Crippen LogP contribution is 2.35. The van der Waals surface area contributed by atoms with E-state index < -0.39 is 11.7 Å². The van der Waals surface area contributed by atoms with Gasteiger partial charge in [0.2, 0.25) is 5.28 Å². The summed E-state index contributed by atoms with van der Waals surface area (Å²) in [6.45, 7) is 1.74. The van der Waals surface area contributed by atoms with E-state index in [0.29, 0.717) is 11.9 Å². The Balaban J connectivity index is 3.15. The lowest BCUT2D eigenvalue weighted by Gasteiger charge is -2.09. The normalized spacial score (nSPS) is 11.8. The van der Waals surface area contributed by atoms with E-state index in [2.05, 4.69) is 9.97 Å². The summed E-state index contributed by atoms with van der Waals surface area (Å²) < 4.78 is 37.1. The number of halogens is 4. The minimum Gasteiger partial charge on any atom is -0.226 e. The molecule has 0 radical (unpaired) electrons. The minimum atomic E-state index is -4.43. The van der Waals surface area contributed by atoms with Gasteiger partial charge in [0.05, 0.1) is 0 Å². The third-order valence-corrected chi connectivity index (χ3v) is 2.37. The van der Waals surface area contributed by atoms with E-state index in [-0.39, 0.29) is 10.3 Å². The number of rotatable bonds is 2. The average Bonchev–Trinajstić information content (AvgIpc) is 2.02. The first-order valence-electron chi connectivity index (χ1n) is 3.67. The minimum absolute atomic E-state index is 0.125. The fraction of sp³-hybridized carbons (Fsp3) is 0.429. The van der Waals surface area contributed by atoms with Crippen molar-refractivity contribution >= 4 is 23.4 Å². The van der Waals surface area contributed by atoms with Crippen LogP contribution < -0.4 is 0 Å². The molecule has 1 aromatic rings. The van der Waals surface area contributed by atoms with Crippen molar-refractivity contribution in [1.82, 2.24) is 9.97 Å². The molecule has 78 valence electrons. The van der Waals surface area contributed by atoms with Gasteiger partial charge in [0.25, 0.3) is 0 Å². The van der Waals surface area contributed by atoms with Gasteiger partial charge in [-0.1, -0.05) is 6.92 Å². The smallest absolute Gasteiger partial charge is 0.226 e. The number of hydrogen-bond donors (Lipinski definition) is 0. The van der Waals surface area contributed by atoms with Crippen LogP contribution in [0.2, 0.25) is 5.28 Å². The SMILES string of the molecule is CCSc1nc(Cl)ncc1C(F)(F)F. The van der Waals surface area contributed by atoms with Gasteiger partial charge < -0.3 is 0 Å². The Labute approximate surface area is 87.9 Å². The molecule has 0 N–H and O–H groups in total.